The fourth-order valence-electron chi connectivity index (χ4n) is 4.00. The lowest BCUT2D eigenvalue weighted by molar-refractivity contribution is -0.123. The Labute approximate surface area is 186 Å². The molecule has 5 rings (SSSR count). The minimum absolute atomic E-state index is 0.288. The summed E-state index contributed by atoms with van der Waals surface area (Å²) in [7, 11) is 0. The van der Waals surface area contributed by atoms with Gasteiger partial charge in [-0.2, -0.15) is 23.5 Å². The summed E-state index contributed by atoms with van der Waals surface area (Å²) in [5.74, 6) is 0.424. The van der Waals surface area contributed by atoms with Crippen LogP contribution in [-0.4, -0.2) is 27.9 Å². The van der Waals surface area contributed by atoms with E-state index in [1.807, 2.05) is 0 Å². The van der Waals surface area contributed by atoms with E-state index in [0.717, 1.165) is 4.90 Å². The molecule has 0 fully saturated rings. The highest BCUT2D eigenvalue weighted by Gasteiger charge is 2.41. The van der Waals surface area contributed by atoms with Gasteiger partial charge in [-0.3, -0.25) is 10.1 Å². The van der Waals surface area contributed by atoms with Gasteiger partial charge in [0.05, 0.1) is 34.8 Å². The molecule has 6 nitrogen and oxygen atoms in total. The molecule has 0 bridgehead atoms. The zero-order valence-corrected chi connectivity index (χ0v) is 17.0. The van der Waals surface area contributed by atoms with Crippen molar-refractivity contribution in [2.75, 3.05) is 11.4 Å². The van der Waals surface area contributed by atoms with Gasteiger partial charge in [0.1, 0.15) is 12.3 Å². The SMILES string of the molecule is N#Cc1cc2c(cc1-c1ccncc1)N(CC(F)(F)F)C(Oc1ccccc1)c1cn[nH]c1-2. The first-order valence-corrected chi connectivity index (χ1v) is 10.0. The monoisotopic (exact) mass is 447 g/mol. The number of fused-ring (bicyclic) bond motifs is 3. The number of para-hydroxylation sites is 1. The number of benzene rings is 2. The maximum atomic E-state index is 13.7. The van der Waals surface area contributed by atoms with Crippen LogP contribution in [0.2, 0.25) is 0 Å². The number of alkyl halides is 3. The summed E-state index contributed by atoms with van der Waals surface area (Å²) >= 11 is 0. The Kier molecular flexibility index (Phi) is 4.98. The van der Waals surface area contributed by atoms with Crippen molar-refractivity contribution in [1.82, 2.24) is 15.2 Å². The van der Waals surface area contributed by atoms with Gasteiger partial charge in [0.2, 0.25) is 6.23 Å². The van der Waals surface area contributed by atoms with Crippen molar-refractivity contribution in [1.29, 1.82) is 5.26 Å². The number of H-pyrrole nitrogens is 1. The number of nitrogens with one attached hydrogen (secondary N) is 1. The fraction of sp³-hybridized carbons (Fsp3) is 0.125. The van der Waals surface area contributed by atoms with Gasteiger partial charge < -0.3 is 9.64 Å². The van der Waals surface area contributed by atoms with Crippen LogP contribution >= 0.6 is 0 Å². The standard InChI is InChI=1S/C24H16F3N5O/c25-24(26,27)14-32-21-11-18(15-6-8-29-9-7-15)16(12-28)10-19(21)22-20(13-30-31-22)23(32)33-17-4-2-1-3-5-17/h1-11,13,23H,14H2,(H,30,31). The van der Waals surface area contributed by atoms with Crippen LogP contribution in [-0.2, 0) is 0 Å². The van der Waals surface area contributed by atoms with Crippen LogP contribution < -0.4 is 9.64 Å². The van der Waals surface area contributed by atoms with Gasteiger partial charge in [-0.25, -0.2) is 0 Å². The number of hydrogen-bond acceptors (Lipinski definition) is 5. The fourth-order valence-corrected chi connectivity index (χ4v) is 4.00. The lowest BCUT2D eigenvalue weighted by Gasteiger charge is -2.38. The zero-order valence-electron chi connectivity index (χ0n) is 17.0. The van der Waals surface area contributed by atoms with E-state index in [9.17, 15) is 18.4 Å². The average molecular weight is 447 g/mol. The molecule has 33 heavy (non-hydrogen) atoms. The van der Waals surface area contributed by atoms with Crippen LogP contribution in [0.4, 0.5) is 18.9 Å². The Morgan fingerprint density at radius 3 is 2.52 bits per heavy atom. The van der Waals surface area contributed by atoms with Gasteiger partial charge in [-0.1, -0.05) is 18.2 Å². The summed E-state index contributed by atoms with van der Waals surface area (Å²) in [6.45, 7) is -1.25. The lowest BCUT2D eigenvalue weighted by Crippen LogP contribution is -2.41. The smallest absolute Gasteiger partial charge is 0.406 e. The predicted octanol–water partition coefficient (Wildman–Crippen LogP) is 5.47. The normalized spacial score (nSPS) is 14.8. The number of aromatic nitrogens is 3. The van der Waals surface area contributed by atoms with E-state index in [0.29, 0.717) is 39.3 Å². The number of anilines is 1. The molecule has 0 spiro atoms. The molecule has 1 unspecified atom stereocenters. The third-order valence-electron chi connectivity index (χ3n) is 5.38. The van der Waals surface area contributed by atoms with Crippen LogP contribution in [0.1, 0.15) is 17.4 Å². The Morgan fingerprint density at radius 1 is 1.06 bits per heavy atom. The third-order valence-corrected chi connectivity index (χ3v) is 5.38. The summed E-state index contributed by atoms with van der Waals surface area (Å²) in [5.41, 5.74) is 3.22. The van der Waals surface area contributed by atoms with Gasteiger partial charge in [-0.15, -0.1) is 0 Å². The van der Waals surface area contributed by atoms with Crippen molar-refractivity contribution >= 4 is 5.69 Å². The Bertz CT molecular complexity index is 1330. The number of nitriles is 1. The van der Waals surface area contributed by atoms with Crippen LogP contribution in [0.15, 0.2) is 73.2 Å². The molecule has 0 saturated heterocycles. The molecule has 4 aromatic rings. The zero-order chi connectivity index (χ0) is 23.0. The highest BCUT2D eigenvalue weighted by molar-refractivity contribution is 5.88. The van der Waals surface area contributed by atoms with Crippen molar-refractivity contribution in [3.8, 4) is 34.2 Å². The predicted molar refractivity (Wildman–Crippen MR) is 115 cm³/mol. The molecule has 1 atom stereocenters. The summed E-state index contributed by atoms with van der Waals surface area (Å²) in [5, 5.41) is 16.7. The van der Waals surface area contributed by atoms with E-state index in [1.54, 1.807) is 67.0 Å². The second kappa shape index (κ2) is 7.98. The van der Waals surface area contributed by atoms with E-state index in [1.165, 1.54) is 6.20 Å². The first-order valence-electron chi connectivity index (χ1n) is 10.0. The molecule has 1 aliphatic rings. The minimum Gasteiger partial charge on any atom is -0.466 e. The Hall–Kier alpha value is -4.32. The number of nitrogens with zero attached hydrogens (tertiary/aromatic N) is 4. The van der Waals surface area contributed by atoms with Crippen LogP contribution in [0.5, 0.6) is 5.75 Å². The van der Waals surface area contributed by atoms with Crippen molar-refractivity contribution in [3.05, 3.63) is 84.3 Å². The molecule has 0 aliphatic carbocycles. The first-order chi connectivity index (χ1) is 15.9. The summed E-state index contributed by atoms with van der Waals surface area (Å²) in [6, 6.07) is 17.4. The molecule has 164 valence electrons. The first kappa shape index (κ1) is 20.6. The number of halogens is 3. The van der Waals surface area contributed by atoms with Gasteiger partial charge >= 0.3 is 6.18 Å². The quantitative estimate of drug-likeness (QED) is 0.449. The molecule has 2 aromatic carbocycles. The number of ether oxygens (including phenoxy) is 1. The number of hydrogen-bond donors (Lipinski definition) is 1. The highest BCUT2D eigenvalue weighted by atomic mass is 19.4. The van der Waals surface area contributed by atoms with E-state index < -0.39 is 18.9 Å². The topological polar surface area (TPSA) is 77.8 Å². The number of aromatic amines is 1. The number of rotatable bonds is 4. The van der Waals surface area contributed by atoms with E-state index in [-0.39, 0.29) is 5.69 Å². The maximum absolute atomic E-state index is 13.7. The molecule has 0 radical (unpaired) electrons. The lowest BCUT2D eigenvalue weighted by atomic mass is 9.91. The highest BCUT2D eigenvalue weighted by Crippen LogP contribution is 2.47. The molecule has 2 aromatic heterocycles. The van der Waals surface area contributed by atoms with Gasteiger partial charge in [0.25, 0.3) is 0 Å². The van der Waals surface area contributed by atoms with E-state index >= 15 is 0 Å². The van der Waals surface area contributed by atoms with Crippen LogP contribution in [0.25, 0.3) is 22.4 Å². The van der Waals surface area contributed by atoms with Crippen LogP contribution in [0.3, 0.4) is 0 Å². The van der Waals surface area contributed by atoms with Crippen LogP contribution in [0, 0.1) is 11.3 Å². The summed E-state index contributed by atoms with van der Waals surface area (Å²) < 4.78 is 47.3. The minimum atomic E-state index is -4.50. The molecule has 1 aliphatic heterocycles. The molecule has 1 N–H and O–H groups in total. The molecule has 0 amide bonds. The van der Waals surface area contributed by atoms with Crippen molar-refractivity contribution in [2.24, 2.45) is 0 Å². The molecular formula is C24H16F3N5O. The molecule has 0 saturated carbocycles. The second-order valence-corrected chi connectivity index (χ2v) is 7.49. The number of pyridine rings is 1. The van der Waals surface area contributed by atoms with Crippen molar-refractivity contribution < 1.29 is 17.9 Å². The Balaban J connectivity index is 1.72. The average Bonchev–Trinajstić information content (AvgIpc) is 3.31. The van der Waals surface area contributed by atoms with Crippen molar-refractivity contribution in [2.45, 2.75) is 12.4 Å². The van der Waals surface area contributed by atoms with Gasteiger partial charge in [0.15, 0.2) is 0 Å². The molecular weight excluding hydrogens is 431 g/mol. The summed E-state index contributed by atoms with van der Waals surface area (Å²) in [4.78, 5) is 5.14. The van der Waals surface area contributed by atoms with E-state index in [4.69, 9.17) is 4.74 Å². The van der Waals surface area contributed by atoms with Crippen molar-refractivity contribution in [3.63, 3.8) is 0 Å². The van der Waals surface area contributed by atoms with Gasteiger partial charge in [-0.05, 0) is 42.0 Å². The maximum Gasteiger partial charge on any atom is 0.406 e. The summed E-state index contributed by atoms with van der Waals surface area (Å²) in [6.07, 6.45) is -0.983. The largest absolute Gasteiger partial charge is 0.466 e. The molecule has 3 heterocycles. The van der Waals surface area contributed by atoms with Gasteiger partial charge in [0, 0.05) is 23.5 Å². The Morgan fingerprint density at radius 2 is 1.82 bits per heavy atom. The van der Waals surface area contributed by atoms with E-state index in [2.05, 4.69) is 21.3 Å². The molecule has 9 heteroatoms. The second-order valence-electron chi connectivity index (χ2n) is 7.49. The third kappa shape index (κ3) is 3.87.